The standard InChI is InChI=1S/C15H20F3NO2/c1-8-9-6-10(11(7-9)19(8)5)12(15(16,17)18)13(20)21-14(2,3)4/h9,11H,1,6-7H2,2-5H3/b12-10-. The number of carbonyl (C=O) groups excluding carboxylic acids is 1. The minimum absolute atomic E-state index is 0.00483. The van der Waals surface area contributed by atoms with Crippen molar-refractivity contribution >= 4 is 5.97 Å². The van der Waals surface area contributed by atoms with E-state index >= 15 is 0 Å². The lowest BCUT2D eigenvalue weighted by Gasteiger charge is -2.31. The number of ether oxygens (including phenoxy) is 1. The summed E-state index contributed by atoms with van der Waals surface area (Å²) < 4.78 is 45.0. The Labute approximate surface area is 122 Å². The second-order valence-electron chi connectivity index (χ2n) is 6.65. The molecular formula is C15H20F3NO2. The Balaban J connectivity index is 2.41. The second-order valence-corrected chi connectivity index (χ2v) is 6.65. The van der Waals surface area contributed by atoms with Crippen molar-refractivity contribution in [2.24, 2.45) is 5.92 Å². The first-order valence-corrected chi connectivity index (χ1v) is 6.87. The van der Waals surface area contributed by atoms with Gasteiger partial charge >= 0.3 is 12.1 Å². The number of carbonyl (C=O) groups is 1. The van der Waals surface area contributed by atoms with Gasteiger partial charge in [0, 0.05) is 18.7 Å². The van der Waals surface area contributed by atoms with Crippen molar-refractivity contribution in [3.8, 4) is 0 Å². The zero-order chi connectivity index (χ0) is 16.2. The van der Waals surface area contributed by atoms with Crippen molar-refractivity contribution in [2.75, 3.05) is 7.05 Å². The molecule has 1 heterocycles. The Morgan fingerprint density at radius 1 is 1.33 bits per heavy atom. The molecule has 2 rings (SSSR count). The van der Waals surface area contributed by atoms with Gasteiger partial charge in [0.2, 0.25) is 0 Å². The summed E-state index contributed by atoms with van der Waals surface area (Å²) in [7, 11) is 1.72. The number of fused-ring (bicyclic) bond motifs is 2. The molecule has 2 aliphatic rings. The summed E-state index contributed by atoms with van der Waals surface area (Å²) in [6.45, 7) is 8.55. The first-order valence-electron chi connectivity index (χ1n) is 6.87. The molecule has 1 aliphatic carbocycles. The lowest BCUT2D eigenvalue weighted by Crippen LogP contribution is -2.35. The maximum absolute atomic E-state index is 13.3. The van der Waals surface area contributed by atoms with E-state index in [4.69, 9.17) is 4.74 Å². The van der Waals surface area contributed by atoms with Gasteiger partial charge in [-0.3, -0.25) is 0 Å². The fourth-order valence-electron chi connectivity index (χ4n) is 3.06. The molecule has 1 saturated heterocycles. The maximum atomic E-state index is 13.3. The lowest BCUT2D eigenvalue weighted by atomic mass is 9.97. The summed E-state index contributed by atoms with van der Waals surface area (Å²) in [5, 5.41) is 0. The van der Waals surface area contributed by atoms with Crippen LogP contribution in [0.15, 0.2) is 23.4 Å². The van der Waals surface area contributed by atoms with E-state index in [2.05, 4.69) is 6.58 Å². The van der Waals surface area contributed by atoms with Crippen molar-refractivity contribution in [3.05, 3.63) is 23.4 Å². The molecule has 2 bridgehead atoms. The Morgan fingerprint density at radius 2 is 1.90 bits per heavy atom. The molecule has 0 N–H and O–H groups in total. The Morgan fingerprint density at radius 3 is 2.29 bits per heavy atom. The molecule has 0 amide bonds. The Bertz CT molecular complexity index is 510. The smallest absolute Gasteiger partial charge is 0.423 e. The van der Waals surface area contributed by atoms with Gasteiger partial charge < -0.3 is 9.64 Å². The van der Waals surface area contributed by atoms with Gasteiger partial charge in [-0.15, -0.1) is 0 Å². The lowest BCUT2D eigenvalue weighted by molar-refractivity contribution is -0.161. The average molecular weight is 303 g/mol. The van der Waals surface area contributed by atoms with Crippen LogP contribution in [-0.4, -0.2) is 35.7 Å². The van der Waals surface area contributed by atoms with Crippen molar-refractivity contribution in [3.63, 3.8) is 0 Å². The maximum Gasteiger partial charge on any atom is 0.423 e. The van der Waals surface area contributed by atoms with E-state index in [9.17, 15) is 18.0 Å². The van der Waals surface area contributed by atoms with Crippen LogP contribution in [0, 0.1) is 5.92 Å². The number of hydrogen-bond acceptors (Lipinski definition) is 3. The molecule has 0 aromatic carbocycles. The first kappa shape index (κ1) is 15.9. The molecule has 1 saturated carbocycles. The highest BCUT2D eigenvalue weighted by molar-refractivity contribution is 5.91. The minimum atomic E-state index is -4.70. The third kappa shape index (κ3) is 2.94. The molecule has 0 aromatic rings. The summed E-state index contributed by atoms with van der Waals surface area (Å²) in [4.78, 5) is 13.8. The van der Waals surface area contributed by atoms with E-state index in [1.807, 2.05) is 0 Å². The monoisotopic (exact) mass is 303 g/mol. The molecule has 0 radical (unpaired) electrons. The van der Waals surface area contributed by atoms with E-state index in [-0.39, 0.29) is 17.9 Å². The van der Waals surface area contributed by atoms with Crippen molar-refractivity contribution in [1.82, 2.24) is 4.90 Å². The fraction of sp³-hybridized carbons (Fsp3) is 0.667. The number of piperidine rings is 1. The average Bonchev–Trinajstić information content (AvgIpc) is 2.76. The molecule has 1 aliphatic heterocycles. The molecule has 21 heavy (non-hydrogen) atoms. The number of allylic oxidation sites excluding steroid dienone is 1. The van der Waals surface area contributed by atoms with Crippen LogP contribution >= 0.6 is 0 Å². The van der Waals surface area contributed by atoms with Crippen LogP contribution in [0.5, 0.6) is 0 Å². The number of likely N-dealkylation sites (N-methyl/N-ethyl adjacent to an activating group) is 1. The van der Waals surface area contributed by atoms with Gasteiger partial charge in [-0.05, 0) is 39.2 Å². The van der Waals surface area contributed by atoms with Crippen LogP contribution in [0.1, 0.15) is 33.6 Å². The molecular weight excluding hydrogens is 283 g/mol. The number of likely N-dealkylation sites (tertiary alicyclic amines) is 1. The van der Waals surface area contributed by atoms with Gasteiger partial charge in [-0.2, -0.15) is 13.2 Å². The molecule has 2 unspecified atom stereocenters. The summed E-state index contributed by atoms with van der Waals surface area (Å²) >= 11 is 0. The fourth-order valence-corrected chi connectivity index (χ4v) is 3.06. The van der Waals surface area contributed by atoms with E-state index in [0.717, 1.165) is 5.70 Å². The molecule has 3 nitrogen and oxygen atoms in total. The largest absolute Gasteiger partial charge is 0.456 e. The van der Waals surface area contributed by atoms with Crippen LogP contribution in [0.2, 0.25) is 0 Å². The van der Waals surface area contributed by atoms with Crippen molar-refractivity contribution < 1.29 is 22.7 Å². The van der Waals surface area contributed by atoms with Gasteiger partial charge in [0.1, 0.15) is 11.2 Å². The number of hydrogen-bond donors (Lipinski definition) is 0. The SMILES string of the molecule is C=C1C2C/C(=C(\C(=O)OC(C)(C)C)C(F)(F)F)C(C2)N1C. The summed E-state index contributed by atoms with van der Waals surface area (Å²) in [6.07, 6.45) is -3.88. The minimum Gasteiger partial charge on any atom is -0.456 e. The topological polar surface area (TPSA) is 29.5 Å². The van der Waals surface area contributed by atoms with Gasteiger partial charge in [-0.25, -0.2) is 4.79 Å². The van der Waals surface area contributed by atoms with E-state index < -0.39 is 29.4 Å². The third-order valence-electron chi connectivity index (χ3n) is 3.98. The molecule has 118 valence electrons. The number of esters is 1. The highest BCUT2D eigenvalue weighted by Gasteiger charge is 2.51. The van der Waals surface area contributed by atoms with E-state index in [0.29, 0.717) is 6.42 Å². The third-order valence-corrected chi connectivity index (χ3v) is 3.98. The van der Waals surface area contributed by atoms with Crippen LogP contribution in [-0.2, 0) is 9.53 Å². The van der Waals surface area contributed by atoms with Crippen molar-refractivity contribution in [1.29, 1.82) is 0 Å². The van der Waals surface area contributed by atoms with Crippen LogP contribution in [0.4, 0.5) is 13.2 Å². The molecule has 0 aromatic heterocycles. The molecule has 6 heteroatoms. The molecule has 0 spiro atoms. The number of halogens is 3. The quantitative estimate of drug-likeness (QED) is 0.549. The van der Waals surface area contributed by atoms with Gasteiger partial charge in [-0.1, -0.05) is 6.58 Å². The highest BCUT2D eigenvalue weighted by Crippen LogP contribution is 2.49. The molecule has 2 atom stereocenters. The summed E-state index contributed by atoms with van der Waals surface area (Å²) in [6, 6.07) is -0.397. The number of alkyl halides is 3. The predicted octanol–water partition coefficient (Wildman–Crippen LogP) is 3.42. The van der Waals surface area contributed by atoms with Crippen LogP contribution < -0.4 is 0 Å². The number of nitrogens with zero attached hydrogens (tertiary/aromatic N) is 1. The molecule has 2 fully saturated rings. The second kappa shape index (κ2) is 4.78. The van der Waals surface area contributed by atoms with Crippen LogP contribution in [0.25, 0.3) is 0 Å². The Hall–Kier alpha value is -1.46. The number of rotatable bonds is 1. The van der Waals surface area contributed by atoms with Gasteiger partial charge in [0.15, 0.2) is 0 Å². The van der Waals surface area contributed by atoms with Crippen molar-refractivity contribution in [2.45, 2.75) is 51.4 Å². The van der Waals surface area contributed by atoms with Crippen LogP contribution in [0.3, 0.4) is 0 Å². The zero-order valence-corrected chi connectivity index (χ0v) is 12.7. The van der Waals surface area contributed by atoms with Gasteiger partial charge in [0.25, 0.3) is 0 Å². The first-order chi connectivity index (χ1) is 9.42. The summed E-state index contributed by atoms with van der Waals surface area (Å²) in [5.74, 6) is -1.29. The van der Waals surface area contributed by atoms with E-state index in [1.165, 1.54) is 0 Å². The Kier molecular flexibility index (Phi) is 3.62. The van der Waals surface area contributed by atoms with Gasteiger partial charge in [0.05, 0.1) is 6.04 Å². The predicted molar refractivity (Wildman–Crippen MR) is 72.3 cm³/mol. The highest BCUT2D eigenvalue weighted by atomic mass is 19.4. The summed E-state index contributed by atoms with van der Waals surface area (Å²) in [5.41, 5.74) is -1.11. The zero-order valence-electron chi connectivity index (χ0n) is 12.7. The normalized spacial score (nSPS) is 28.1. The van der Waals surface area contributed by atoms with E-state index in [1.54, 1.807) is 32.7 Å².